The molecule has 0 N–H and O–H groups in total. The van der Waals surface area contributed by atoms with Gasteiger partial charge in [-0.15, -0.1) is 0 Å². The van der Waals surface area contributed by atoms with E-state index in [1.54, 1.807) is 0 Å². The summed E-state index contributed by atoms with van der Waals surface area (Å²) in [5, 5.41) is 0. The maximum absolute atomic E-state index is 2.27. The van der Waals surface area contributed by atoms with Gasteiger partial charge in [0.25, 0.3) is 0 Å². The third-order valence-corrected chi connectivity index (χ3v) is 1.50. The van der Waals surface area contributed by atoms with Crippen molar-refractivity contribution >= 4 is 0 Å². The van der Waals surface area contributed by atoms with Crippen LogP contribution >= 0.6 is 0 Å². The lowest BCUT2D eigenvalue weighted by Gasteiger charge is -2.15. The lowest BCUT2D eigenvalue weighted by Crippen LogP contribution is -2.02. The topological polar surface area (TPSA) is 0 Å². The Bertz CT molecular complexity index is 54.9. The Morgan fingerprint density at radius 2 is 1.09 bits per heavy atom. The first-order valence-electron chi connectivity index (χ1n) is 4.97. The molecule has 0 heterocycles. The first-order chi connectivity index (χ1) is 4.97. The molecular formula is C11H26. The molecule has 0 aliphatic carbocycles. The summed E-state index contributed by atoms with van der Waals surface area (Å²) in [5.74, 6) is 0. The molecule has 0 saturated heterocycles. The van der Waals surface area contributed by atoms with Crippen molar-refractivity contribution in [3.05, 3.63) is 0 Å². The quantitative estimate of drug-likeness (QED) is 0.549. The van der Waals surface area contributed by atoms with E-state index in [4.69, 9.17) is 0 Å². The van der Waals surface area contributed by atoms with Crippen molar-refractivity contribution in [2.75, 3.05) is 0 Å². The van der Waals surface area contributed by atoms with Gasteiger partial charge in [0, 0.05) is 0 Å². The maximum atomic E-state index is 2.27. The smallest absolute Gasteiger partial charge is 0.0383 e. The Morgan fingerprint density at radius 1 is 0.727 bits per heavy atom. The first kappa shape index (κ1) is 13.6. The minimum Gasteiger partial charge on any atom is -0.0654 e. The summed E-state index contributed by atoms with van der Waals surface area (Å²) in [5.41, 5.74) is 0.550. The van der Waals surface area contributed by atoms with Crippen LogP contribution in [0.1, 0.15) is 67.2 Å². The number of rotatable bonds is 2. The predicted molar refractivity (Wildman–Crippen MR) is 54.9 cm³/mol. The second-order valence-corrected chi connectivity index (χ2v) is 4.31. The fourth-order valence-corrected chi connectivity index (χ4v) is 0.750. The normalized spacial score (nSPS) is 10.4. The van der Waals surface area contributed by atoms with Crippen molar-refractivity contribution in [1.29, 1.82) is 0 Å². The molecule has 0 bridgehead atoms. The molecule has 0 spiro atoms. The van der Waals surface area contributed by atoms with Crippen LogP contribution < -0.4 is 0 Å². The maximum Gasteiger partial charge on any atom is -0.0383 e. The molecule has 0 aromatic rings. The molecule has 0 saturated carbocycles. The number of hydrogen-bond donors (Lipinski definition) is 0. The standard InChI is InChI=1S/C7H16.C4H10/c1-5-6-7(2,3)4;1-3-4-2/h5-6H2,1-4H3;3-4H2,1-2H3. The van der Waals surface area contributed by atoms with Crippen molar-refractivity contribution in [2.45, 2.75) is 67.2 Å². The zero-order valence-electron chi connectivity index (χ0n) is 9.33. The van der Waals surface area contributed by atoms with E-state index >= 15 is 0 Å². The second kappa shape index (κ2) is 8.10. The van der Waals surface area contributed by atoms with Gasteiger partial charge >= 0.3 is 0 Å². The largest absolute Gasteiger partial charge is 0.0654 e. The fourth-order valence-electron chi connectivity index (χ4n) is 0.750. The predicted octanol–water partition coefficient (Wildman–Crippen LogP) is 4.64. The lowest BCUT2D eigenvalue weighted by molar-refractivity contribution is 0.373. The molecule has 70 valence electrons. The Labute approximate surface area is 73.4 Å². The highest BCUT2D eigenvalue weighted by molar-refractivity contribution is 4.58. The van der Waals surface area contributed by atoms with E-state index in [1.807, 2.05) is 0 Å². The van der Waals surface area contributed by atoms with Gasteiger partial charge < -0.3 is 0 Å². The molecule has 0 nitrogen and oxygen atoms in total. The summed E-state index contributed by atoms with van der Waals surface area (Å²) in [6, 6.07) is 0. The fraction of sp³-hybridized carbons (Fsp3) is 1.00. The van der Waals surface area contributed by atoms with E-state index in [1.165, 1.54) is 25.7 Å². The van der Waals surface area contributed by atoms with E-state index in [0.717, 1.165) is 0 Å². The highest BCUT2D eigenvalue weighted by atomic mass is 14.1. The Morgan fingerprint density at radius 3 is 1.09 bits per heavy atom. The SMILES string of the molecule is CCCC.CCCC(C)(C)C. The third-order valence-electron chi connectivity index (χ3n) is 1.50. The molecule has 0 unspecified atom stereocenters. The lowest BCUT2D eigenvalue weighted by atomic mass is 9.91. The zero-order valence-corrected chi connectivity index (χ0v) is 9.33. The monoisotopic (exact) mass is 158 g/mol. The molecule has 0 aliphatic rings. The molecule has 0 rings (SSSR count). The van der Waals surface area contributed by atoms with Crippen molar-refractivity contribution in [2.24, 2.45) is 5.41 Å². The van der Waals surface area contributed by atoms with Gasteiger partial charge in [-0.05, 0) is 11.8 Å². The first-order valence-corrected chi connectivity index (χ1v) is 4.97. The Balaban J connectivity index is 0. The average molecular weight is 158 g/mol. The van der Waals surface area contributed by atoms with Gasteiger partial charge in [-0.1, -0.05) is 60.8 Å². The third kappa shape index (κ3) is 25.6. The molecule has 0 radical (unpaired) electrons. The van der Waals surface area contributed by atoms with Crippen molar-refractivity contribution < 1.29 is 0 Å². The summed E-state index contributed by atoms with van der Waals surface area (Å²) in [6.45, 7) is 13.4. The number of hydrogen-bond acceptors (Lipinski definition) is 0. The van der Waals surface area contributed by atoms with Crippen molar-refractivity contribution in [3.63, 3.8) is 0 Å². The summed E-state index contributed by atoms with van der Waals surface area (Å²) >= 11 is 0. The number of unbranched alkanes of at least 4 members (excludes halogenated alkanes) is 1. The van der Waals surface area contributed by atoms with Gasteiger partial charge in [-0.25, -0.2) is 0 Å². The van der Waals surface area contributed by atoms with Gasteiger partial charge in [0.05, 0.1) is 0 Å². The van der Waals surface area contributed by atoms with Gasteiger partial charge in [-0.2, -0.15) is 0 Å². The molecule has 0 heteroatoms. The van der Waals surface area contributed by atoms with E-state index in [9.17, 15) is 0 Å². The minimum absolute atomic E-state index is 0.550. The average Bonchev–Trinajstić information content (AvgIpc) is 1.86. The highest BCUT2D eigenvalue weighted by Gasteiger charge is 2.06. The van der Waals surface area contributed by atoms with E-state index in [2.05, 4.69) is 41.5 Å². The molecule has 0 aromatic carbocycles. The van der Waals surface area contributed by atoms with Crippen molar-refractivity contribution in [1.82, 2.24) is 0 Å². The summed E-state index contributed by atoms with van der Waals surface area (Å²) in [7, 11) is 0. The van der Waals surface area contributed by atoms with Crippen LogP contribution in [0.4, 0.5) is 0 Å². The van der Waals surface area contributed by atoms with Crippen LogP contribution in [0.25, 0.3) is 0 Å². The second-order valence-electron chi connectivity index (χ2n) is 4.31. The van der Waals surface area contributed by atoms with Crippen LogP contribution in [0.5, 0.6) is 0 Å². The van der Waals surface area contributed by atoms with E-state index < -0.39 is 0 Å². The van der Waals surface area contributed by atoms with Crippen LogP contribution in [0.15, 0.2) is 0 Å². The molecular weight excluding hydrogens is 132 g/mol. The summed E-state index contributed by atoms with van der Waals surface area (Å²) in [6.07, 6.45) is 5.29. The highest BCUT2D eigenvalue weighted by Crippen LogP contribution is 2.19. The molecule has 0 fully saturated rings. The summed E-state index contributed by atoms with van der Waals surface area (Å²) < 4.78 is 0. The Kier molecular flexibility index (Phi) is 10.0. The molecule has 0 aromatic heterocycles. The van der Waals surface area contributed by atoms with Crippen LogP contribution in [0.2, 0.25) is 0 Å². The summed E-state index contributed by atoms with van der Waals surface area (Å²) in [4.78, 5) is 0. The molecule has 0 aliphatic heterocycles. The Hall–Kier alpha value is 0. The van der Waals surface area contributed by atoms with E-state index in [-0.39, 0.29) is 0 Å². The van der Waals surface area contributed by atoms with Gasteiger partial charge in [0.15, 0.2) is 0 Å². The van der Waals surface area contributed by atoms with Crippen molar-refractivity contribution in [3.8, 4) is 0 Å². The van der Waals surface area contributed by atoms with Crippen LogP contribution in [0.3, 0.4) is 0 Å². The van der Waals surface area contributed by atoms with Gasteiger partial charge in [-0.3, -0.25) is 0 Å². The van der Waals surface area contributed by atoms with Crippen LogP contribution in [-0.4, -0.2) is 0 Å². The molecule has 0 atom stereocenters. The molecule has 0 amide bonds. The van der Waals surface area contributed by atoms with E-state index in [0.29, 0.717) is 5.41 Å². The minimum atomic E-state index is 0.550. The zero-order chi connectivity index (χ0) is 9.33. The van der Waals surface area contributed by atoms with Crippen LogP contribution in [0, 0.1) is 5.41 Å². The van der Waals surface area contributed by atoms with Gasteiger partial charge in [0.1, 0.15) is 0 Å². The molecule has 11 heavy (non-hydrogen) atoms. The van der Waals surface area contributed by atoms with Crippen LogP contribution in [-0.2, 0) is 0 Å². The van der Waals surface area contributed by atoms with Gasteiger partial charge in [0.2, 0.25) is 0 Å².